The van der Waals surface area contributed by atoms with Crippen LogP contribution < -0.4 is 4.74 Å². The lowest BCUT2D eigenvalue weighted by molar-refractivity contribution is -0.183. The minimum Gasteiger partial charge on any atom is -0.508 e. The molecule has 0 saturated carbocycles. The zero-order valence-electron chi connectivity index (χ0n) is 12.5. The van der Waals surface area contributed by atoms with Gasteiger partial charge in [0.1, 0.15) is 18.1 Å². The summed E-state index contributed by atoms with van der Waals surface area (Å²) < 4.78 is 11.0. The Kier molecular flexibility index (Phi) is 3.53. The van der Waals surface area contributed by atoms with Gasteiger partial charge in [-0.3, -0.25) is 4.79 Å². The van der Waals surface area contributed by atoms with Crippen molar-refractivity contribution in [3.8, 4) is 11.5 Å². The van der Waals surface area contributed by atoms with Crippen molar-refractivity contribution in [3.63, 3.8) is 0 Å². The lowest BCUT2D eigenvalue weighted by Crippen LogP contribution is -2.58. The van der Waals surface area contributed by atoms with E-state index in [9.17, 15) is 9.90 Å². The second-order valence-electron chi connectivity index (χ2n) is 6.17. The second kappa shape index (κ2) is 5.22. The van der Waals surface area contributed by atoms with Gasteiger partial charge in [0.25, 0.3) is 0 Å². The quantitative estimate of drug-likeness (QED) is 0.902. The predicted molar refractivity (Wildman–Crippen MR) is 77.1 cm³/mol. The van der Waals surface area contributed by atoms with Crippen molar-refractivity contribution in [1.82, 2.24) is 4.90 Å². The Bertz CT molecular complexity index is 551. The standard InChI is InChI=1S/C16H21NO4/c1-11(2)16(9-20-10-16)15(19)17-5-6-21-14-4-3-13(18)7-12(14)8-17/h3-4,7,11,18H,5-6,8-10H2,1-2H3. The summed E-state index contributed by atoms with van der Waals surface area (Å²) in [6, 6.07) is 5.02. The molecule has 2 aliphatic heterocycles. The van der Waals surface area contributed by atoms with Crippen LogP contribution in [-0.2, 0) is 16.1 Å². The van der Waals surface area contributed by atoms with E-state index in [4.69, 9.17) is 9.47 Å². The maximum Gasteiger partial charge on any atom is 0.234 e. The summed E-state index contributed by atoms with van der Waals surface area (Å²) >= 11 is 0. The van der Waals surface area contributed by atoms with Gasteiger partial charge in [0, 0.05) is 12.1 Å². The monoisotopic (exact) mass is 291 g/mol. The van der Waals surface area contributed by atoms with Gasteiger partial charge in [-0.2, -0.15) is 0 Å². The molecule has 1 N–H and O–H groups in total. The van der Waals surface area contributed by atoms with Crippen LogP contribution in [0.4, 0.5) is 0 Å². The van der Waals surface area contributed by atoms with Gasteiger partial charge in [-0.25, -0.2) is 0 Å². The first kappa shape index (κ1) is 14.2. The Morgan fingerprint density at radius 3 is 2.76 bits per heavy atom. The first-order valence-electron chi connectivity index (χ1n) is 7.35. The first-order valence-corrected chi connectivity index (χ1v) is 7.35. The molecule has 5 nitrogen and oxygen atoms in total. The fourth-order valence-corrected chi connectivity index (χ4v) is 2.89. The Hall–Kier alpha value is -1.75. The number of fused-ring (bicyclic) bond motifs is 1. The van der Waals surface area contributed by atoms with Crippen molar-refractivity contribution < 1.29 is 19.4 Å². The van der Waals surface area contributed by atoms with Crippen LogP contribution in [0, 0.1) is 11.3 Å². The van der Waals surface area contributed by atoms with E-state index in [0.717, 1.165) is 11.3 Å². The summed E-state index contributed by atoms with van der Waals surface area (Å²) in [6.07, 6.45) is 0. The van der Waals surface area contributed by atoms with E-state index in [0.29, 0.717) is 32.9 Å². The lowest BCUT2D eigenvalue weighted by atomic mass is 9.74. The highest BCUT2D eigenvalue weighted by Crippen LogP contribution is 2.39. The van der Waals surface area contributed by atoms with Gasteiger partial charge in [-0.15, -0.1) is 0 Å². The predicted octanol–water partition coefficient (Wildman–Crippen LogP) is 1.79. The van der Waals surface area contributed by atoms with Crippen LogP contribution in [0.3, 0.4) is 0 Å². The number of amides is 1. The molecule has 0 radical (unpaired) electrons. The number of ether oxygens (including phenoxy) is 2. The third-order valence-electron chi connectivity index (χ3n) is 4.56. The summed E-state index contributed by atoms with van der Waals surface area (Å²) in [6.45, 7) is 6.61. The van der Waals surface area contributed by atoms with E-state index >= 15 is 0 Å². The van der Waals surface area contributed by atoms with Crippen molar-refractivity contribution in [1.29, 1.82) is 0 Å². The molecule has 1 fully saturated rings. The van der Waals surface area contributed by atoms with E-state index in [-0.39, 0.29) is 17.6 Å². The fourth-order valence-electron chi connectivity index (χ4n) is 2.89. The Balaban J connectivity index is 1.85. The second-order valence-corrected chi connectivity index (χ2v) is 6.17. The molecule has 2 heterocycles. The Labute approximate surface area is 124 Å². The molecular weight excluding hydrogens is 270 g/mol. The van der Waals surface area contributed by atoms with Gasteiger partial charge in [0.05, 0.1) is 25.2 Å². The van der Waals surface area contributed by atoms with Crippen LogP contribution in [0.25, 0.3) is 0 Å². The zero-order chi connectivity index (χ0) is 15.0. The summed E-state index contributed by atoms with van der Waals surface area (Å²) in [5, 5.41) is 9.63. The number of hydrogen-bond donors (Lipinski definition) is 1. The number of carbonyl (C=O) groups excluding carboxylic acids is 1. The number of hydrogen-bond acceptors (Lipinski definition) is 4. The molecule has 1 saturated heterocycles. The minimum absolute atomic E-state index is 0.128. The molecule has 5 heteroatoms. The van der Waals surface area contributed by atoms with Crippen molar-refractivity contribution in [2.24, 2.45) is 11.3 Å². The van der Waals surface area contributed by atoms with E-state index < -0.39 is 5.41 Å². The molecule has 1 amide bonds. The number of nitrogens with zero attached hydrogens (tertiary/aromatic N) is 1. The van der Waals surface area contributed by atoms with Crippen molar-refractivity contribution in [3.05, 3.63) is 23.8 Å². The molecule has 0 aromatic heterocycles. The summed E-state index contributed by atoms with van der Waals surface area (Å²) in [7, 11) is 0. The van der Waals surface area contributed by atoms with Crippen molar-refractivity contribution in [2.45, 2.75) is 20.4 Å². The molecule has 0 atom stereocenters. The van der Waals surface area contributed by atoms with Crippen LogP contribution in [0.5, 0.6) is 11.5 Å². The van der Waals surface area contributed by atoms with Gasteiger partial charge < -0.3 is 19.5 Å². The highest BCUT2D eigenvalue weighted by Gasteiger charge is 2.50. The SMILES string of the molecule is CC(C)C1(C(=O)N2CCOc3ccc(O)cc3C2)COC1. The largest absolute Gasteiger partial charge is 0.508 e. The van der Waals surface area contributed by atoms with E-state index in [1.54, 1.807) is 18.2 Å². The van der Waals surface area contributed by atoms with Crippen molar-refractivity contribution >= 4 is 5.91 Å². The van der Waals surface area contributed by atoms with Crippen molar-refractivity contribution in [2.75, 3.05) is 26.4 Å². The normalized spacial score (nSPS) is 20.2. The average molecular weight is 291 g/mol. The van der Waals surface area contributed by atoms with Gasteiger partial charge in [-0.1, -0.05) is 13.8 Å². The van der Waals surface area contributed by atoms with Crippen LogP contribution in [0.15, 0.2) is 18.2 Å². The summed E-state index contributed by atoms with van der Waals surface area (Å²) in [5.74, 6) is 1.30. The third-order valence-corrected chi connectivity index (χ3v) is 4.56. The maximum atomic E-state index is 12.9. The van der Waals surface area contributed by atoms with Gasteiger partial charge in [-0.05, 0) is 24.1 Å². The molecule has 0 unspecified atom stereocenters. The molecule has 0 bridgehead atoms. The van der Waals surface area contributed by atoms with Gasteiger partial charge in [0.15, 0.2) is 0 Å². The molecule has 21 heavy (non-hydrogen) atoms. The Morgan fingerprint density at radius 2 is 2.14 bits per heavy atom. The molecular formula is C16H21NO4. The average Bonchev–Trinajstić information content (AvgIpc) is 2.58. The molecule has 2 aliphatic rings. The smallest absolute Gasteiger partial charge is 0.234 e. The summed E-state index contributed by atoms with van der Waals surface area (Å²) in [5.41, 5.74) is 0.446. The number of benzene rings is 1. The van der Waals surface area contributed by atoms with Gasteiger partial charge >= 0.3 is 0 Å². The number of carbonyl (C=O) groups is 1. The van der Waals surface area contributed by atoms with Crippen LogP contribution >= 0.6 is 0 Å². The number of phenolic OH excluding ortho intramolecular Hbond substituents is 1. The first-order chi connectivity index (χ1) is 10.0. The molecule has 1 aromatic rings. The third kappa shape index (κ3) is 2.35. The van der Waals surface area contributed by atoms with Crippen LogP contribution in [0.1, 0.15) is 19.4 Å². The molecule has 0 aliphatic carbocycles. The highest BCUT2D eigenvalue weighted by molar-refractivity contribution is 5.84. The molecule has 114 valence electrons. The Morgan fingerprint density at radius 1 is 1.38 bits per heavy atom. The number of phenols is 1. The van der Waals surface area contributed by atoms with Crippen LogP contribution in [0.2, 0.25) is 0 Å². The lowest BCUT2D eigenvalue weighted by Gasteiger charge is -2.45. The topological polar surface area (TPSA) is 59.0 Å². The molecule has 3 rings (SSSR count). The summed E-state index contributed by atoms with van der Waals surface area (Å²) in [4.78, 5) is 14.7. The van der Waals surface area contributed by atoms with E-state index in [1.165, 1.54) is 0 Å². The fraction of sp³-hybridized carbons (Fsp3) is 0.562. The number of aromatic hydroxyl groups is 1. The highest BCUT2D eigenvalue weighted by atomic mass is 16.5. The zero-order valence-corrected chi connectivity index (χ0v) is 12.5. The minimum atomic E-state index is -0.401. The molecule has 0 spiro atoms. The maximum absolute atomic E-state index is 12.9. The van der Waals surface area contributed by atoms with Crippen LogP contribution in [-0.4, -0.2) is 42.3 Å². The van der Waals surface area contributed by atoms with E-state index in [2.05, 4.69) is 13.8 Å². The number of rotatable bonds is 2. The molecule has 1 aromatic carbocycles. The van der Waals surface area contributed by atoms with E-state index in [1.807, 2.05) is 4.90 Å². The van der Waals surface area contributed by atoms with Gasteiger partial charge in [0.2, 0.25) is 5.91 Å².